The molecule has 0 aliphatic carbocycles. The fourth-order valence-corrected chi connectivity index (χ4v) is 1.63. The lowest BCUT2D eigenvalue weighted by molar-refractivity contribution is 1.04. The van der Waals surface area contributed by atoms with Crippen molar-refractivity contribution >= 4 is 10.8 Å². The van der Waals surface area contributed by atoms with Gasteiger partial charge in [0.25, 0.3) is 0 Å². The molecule has 0 saturated heterocycles. The maximum absolute atomic E-state index is 11.2. The third-order valence-corrected chi connectivity index (χ3v) is 2.25. The van der Waals surface area contributed by atoms with E-state index in [1.165, 1.54) is 5.56 Å². The summed E-state index contributed by atoms with van der Waals surface area (Å²) in [6, 6.07) is 5.95. The first-order chi connectivity index (χ1) is 5.70. The zero-order chi connectivity index (χ0) is 8.72. The molecule has 0 amide bonds. The van der Waals surface area contributed by atoms with E-state index < -0.39 is 0 Å². The number of aryl methyl sites for hydroxylation is 2. The van der Waals surface area contributed by atoms with E-state index in [4.69, 9.17) is 0 Å². The number of aromatic nitrogens is 1. The molecule has 0 saturated carbocycles. The van der Waals surface area contributed by atoms with E-state index in [-0.39, 0.29) is 0 Å². The molecule has 12 heavy (non-hydrogen) atoms. The zero-order valence-corrected chi connectivity index (χ0v) is 7.16. The first kappa shape index (κ1) is 7.22. The van der Waals surface area contributed by atoms with Crippen molar-refractivity contribution in [1.29, 1.82) is 0 Å². The summed E-state index contributed by atoms with van der Waals surface area (Å²) >= 11 is 0. The fourth-order valence-electron chi connectivity index (χ4n) is 1.63. The lowest BCUT2D eigenvalue weighted by Gasteiger charge is -2.07. The minimum absolute atomic E-state index is 0.795. The van der Waals surface area contributed by atoms with E-state index in [0.29, 0.717) is 0 Å². The Morgan fingerprint density at radius 3 is 2.67 bits per heavy atom. The van der Waals surface area contributed by atoms with Gasteiger partial charge in [0.1, 0.15) is 0 Å². The number of hydrogen-bond acceptors (Lipinski definition) is 1. The first-order valence-electron chi connectivity index (χ1n) is 3.95. The van der Waals surface area contributed by atoms with Gasteiger partial charge in [0.05, 0.1) is 0 Å². The average Bonchev–Trinajstić information content (AvgIpc) is 2.29. The van der Waals surface area contributed by atoms with Crippen LogP contribution < -0.4 is 0 Å². The molecule has 0 bridgehead atoms. The number of nitrogens with zero attached hydrogens (tertiary/aromatic N) is 1. The van der Waals surface area contributed by atoms with Crippen molar-refractivity contribution < 1.29 is 0 Å². The number of benzene rings is 1. The number of fused-ring (bicyclic) bond motifs is 1. The van der Waals surface area contributed by atoms with Gasteiger partial charge >= 0.3 is 0 Å². The molecule has 0 N–H and O–H groups in total. The monoisotopic (exact) mass is 160 g/mol. The van der Waals surface area contributed by atoms with Crippen LogP contribution in [0.2, 0.25) is 0 Å². The van der Waals surface area contributed by atoms with Gasteiger partial charge in [0, 0.05) is 17.3 Å². The van der Waals surface area contributed by atoms with Gasteiger partial charge in [0.15, 0.2) is 0 Å². The Hall–Kier alpha value is -1.44. The van der Waals surface area contributed by atoms with Crippen LogP contribution >= 0.6 is 0 Å². The van der Waals surface area contributed by atoms with Gasteiger partial charge < -0.3 is 9.94 Å². The molecule has 0 unspecified atom stereocenters. The molecule has 0 aliphatic heterocycles. The SMILES string of the molecule is Cc1cccc2cn([O-])c(C)c12. The van der Waals surface area contributed by atoms with Crippen LogP contribution in [0.4, 0.5) is 0 Å². The molecule has 62 valence electrons. The van der Waals surface area contributed by atoms with E-state index >= 15 is 0 Å². The minimum atomic E-state index is 0.795. The molecule has 2 aromatic rings. The van der Waals surface area contributed by atoms with Crippen LogP contribution in [-0.2, 0) is 0 Å². The second-order valence-corrected chi connectivity index (χ2v) is 3.08. The van der Waals surface area contributed by atoms with Gasteiger partial charge in [-0.3, -0.25) is 0 Å². The number of rotatable bonds is 0. The predicted molar refractivity (Wildman–Crippen MR) is 50.2 cm³/mol. The van der Waals surface area contributed by atoms with E-state index in [1.807, 2.05) is 32.0 Å². The molecule has 0 spiro atoms. The smallest absolute Gasteiger partial charge is 0.0177 e. The molecule has 2 rings (SSSR count). The van der Waals surface area contributed by atoms with Gasteiger partial charge in [-0.15, -0.1) is 0 Å². The second kappa shape index (κ2) is 2.27. The highest BCUT2D eigenvalue weighted by Gasteiger charge is 2.01. The van der Waals surface area contributed by atoms with Gasteiger partial charge in [-0.1, -0.05) is 18.2 Å². The molecule has 1 aromatic heterocycles. The summed E-state index contributed by atoms with van der Waals surface area (Å²) in [6.07, 6.45) is 1.62. The van der Waals surface area contributed by atoms with E-state index in [1.54, 1.807) is 6.20 Å². The number of hydrogen-bond donors (Lipinski definition) is 0. The molecule has 2 heteroatoms. The summed E-state index contributed by atoms with van der Waals surface area (Å²) in [5.41, 5.74) is 1.96. The highest BCUT2D eigenvalue weighted by atomic mass is 16.5. The summed E-state index contributed by atoms with van der Waals surface area (Å²) in [4.78, 5) is 0. The molecule has 1 heterocycles. The topological polar surface area (TPSA) is 28.0 Å². The normalized spacial score (nSPS) is 10.8. The Morgan fingerprint density at radius 1 is 1.25 bits per heavy atom. The van der Waals surface area contributed by atoms with Crippen LogP contribution in [0.25, 0.3) is 10.8 Å². The third-order valence-electron chi connectivity index (χ3n) is 2.25. The lowest BCUT2D eigenvalue weighted by atomic mass is 10.1. The van der Waals surface area contributed by atoms with Gasteiger partial charge in [-0.2, -0.15) is 0 Å². The lowest BCUT2D eigenvalue weighted by Crippen LogP contribution is -1.84. The van der Waals surface area contributed by atoms with Gasteiger partial charge in [-0.05, 0) is 24.8 Å². The van der Waals surface area contributed by atoms with Crippen LogP contribution in [0.15, 0.2) is 24.4 Å². The maximum atomic E-state index is 11.2. The van der Waals surface area contributed by atoms with Crippen LogP contribution in [0.3, 0.4) is 0 Å². The highest BCUT2D eigenvalue weighted by molar-refractivity contribution is 5.88. The molecule has 0 aliphatic rings. The Bertz CT molecular complexity index is 429. The van der Waals surface area contributed by atoms with Crippen LogP contribution in [-0.4, -0.2) is 4.73 Å². The van der Waals surface area contributed by atoms with Crippen molar-refractivity contribution in [2.45, 2.75) is 13.8 Å². The predicted octanol–water partition coefficient (Wildman–Crippen LogP) is 2.60. The summed E-state index contributed by atoms with van der Waals surface area (Å²) in [5, 5.41) is 13.3. The van der Waals surface area contributed by atoms with Crippen molar-refractivity contribution in [1.82, 2.24) is 4.73 Å². The fraction of sp³-hybridized carbons (Fsp3) is 0.200. The third kappa shape index (κ3) is 0.811. The Balaban J connectivity index is 2.97. The average molecular weight is 160 g/mol. The van der Waals surface area contributed by atoms with Gasteiger partial charge in [0.2, 0.25) is 0 Å². The maximum Gasteiger partial charge on any atom is 0.0177 e. The minimum Gasteiger partial charge on any atom is -0.806 e. The first-order valence-corrected chi connectivity index (χ1v) is 3.95. The van der Waals surface area contributed by atoms with E-state index in [0.717, 1.165) is 21.2 Å². The molecular formula is C10H10NO-. The summed E-state index contributed by atoms with van der Waals surface area (Å²) in [7, 11) is 0. The summed E-state index contributed by atoms with van der Waals surface area (Å²) < 4.78 is 0.928. The van der Waals surface area contributed by atoms with Crippen LogP contribution in [0, 0.1) is 19.1 Å². The van der Waals surface area contributed by atoms with Crippen molar-refractivity contribution in [2.75, 3.05) is 0 Å². The van der Waals surface area contributed by atoms with E-state index in [2.05, 4.69) is 0 Å². The summed E-state index contributed by atoms with van der Waals surface area (Å²) in [5.74, 6) is 0. The van der Waals surface area contributed by atoms with Crippen molar-refractivity contribution in [2.24, 2.45) is 0 Å². The largest absolute Gasteiger partial charge is 0.806 e. The van der Waals surface area contributed by atoms with Crippen LogP contribution in [0.1, 0.15) is 11.3 Å². The molecule has 2 nitrogen and oxygen atoms in total. The van der Waals surface area contributed by atoms with Crippen molar-refractivity contribution in [3.05, 3.63) is 40.9 Å². The Kier molecular flexibility index (Phi) is 1.37. The molecule has 0 fully saturated rings. The zero-order valence-electron chi connectivity index (χ0n) is 7.16. The molecule has 0 atom stereocenters. The Labute approximate surface area is 71.0 Å². The standard InChI is InChI=1S/C10H10NO/c1-7-4-3-5-9-6-11(12)8(2)10(7)9/h3-6H,1-2H3/q-1. The molecule has 0 radical (unpaired) electrons. The van der Waals surface area contributed by atoms with E-state index in [9.17, 15) is 5.21 Å². The van der Waals surface area contributed by atoms with Crippen molar-refractivity contribution in [3.63, 3.8) is 0 Å². The van der Waals surface area contributed by atoms with Crippen LogP contribution in [0.5, 0.6) is 0 Å². The quantitative estimate of drug-likeness (QED) is 0.582. The highest BCUT2D eigenvalue weighted by Crippen LogP contribution is 2.22. The Morgan fingerprint density at radius 2 is 2.00 bits per heavy atom. The second-order valence-electron chi connectivity index (χ2n) is 3.08. The molecular weight excluding hydrogens is 150 g/mol. The molecule has 1 aromatic carbocycles. The van der Waals surface area contributed by atoms with Gasteiger partial charge in [-0.25, -0.2) is 0 Å². The van der Waals surface area contributed by atoms with Crippen molar-refractivity contribution in [3.8, 4) is 0 Å². The summed E-state index contributed by atoms with van der Waals surface area (Å²) in [6.45, 7) is 3.87.